The molecule has 2 aliphatic rings. The number of piperidine rings is 1. The topological polar surface area (TPSA) is 46.6 Å². The lowest BCUT2D eigenvalue weighted by molar-refractivity contribution is -0.124. The summed E-state index contributed by atoms with van der Waals surface area (Å²) in [6, 6.07) is 12.3. The second kappa shape index (κ2) is 7.74. The van der Waals surface area contributed by atoms with E-state index in [2.05, 4.69) is 0 Å². The fourth-order valence-corrected chi connectivity index (χ4v) is 4.78. The third-order valence-corrected chi connectivity index (χ3v) is 6.23. The van der Waals surface area contributed by atoms with Gasteiger partial charge in [0.2, 0.25) is 0 Å². The van der Waals surface area contributed by atoms with Gasteiger partial charge in [-0.3, -0.25) is 9.69 Å². The van der Waals surface area contributed by atoms with Gasteiger partial charge in [0.15, 0.2) is 5.78 Å². The average molecular weight is 427 g/mol. The number of hydrogen-bond donors (Lipinski definition) is 0. The predicted molar refractivity (Wildman–Crippen MR) is 113 cm³/mol. The van der Waals surface area contributed by atoms with Crippen LogP contribution in [0.3, 0.4) is 0 Å². The summed E-state index contributed by atoms with van der Waals surface area (Å²) in [4.78, 5) is 27.6. The first-order valence-corrected chi connectivity index (χ1v) is 10.6. The second-order valence-electron chi connectivity index (χ2n) is 9.60. The van der Waals surface area contributed by atoms with Crippen molar-refractivity contribution < 1.29 is 23.1 Å². The maximum atomic E-state index is 14.6. The Bertz CT molecular complexity index is 1000. The summed E-state index contributed by atoms with van der Waals surface area (Å²) in [7, 11) is 0. The molecule has 1 aliphatic carbocycles. The van der Waals surface area contributed by atoms with E-state index in [1.54, 1.807) is 20.8 Å². The number of amides is 1. The van der Waals surface area contributed by atoms with Crippen molar-refractivity contribution in [1.29, 1.82) is 0 Å². The Morgan fingerprint density at radius 1 is 1.13 bits per heavy atom. The van der Waals surface area contributed by atoms with Crippen molar-refractivity contribution in [3.8, 4) is 0 Å². The maximum absolute atomic E-state index is 14.6. The Morgan fingerprint density at radius 2 is 1.84 bits per heavy atom. The third-order valence-electron chi connectivity index (χ3n) is 6.23. The van der Waals surface area contributed by atoms with E-state index in [-0.39, 0.29) is 30.2 Å². The van der Waals surface area contributed by atoms with Gasteiger partial charge < -0.3 is 4.74 Å². The molecule has 0 bridgehead atoms. The molecule has 0 aromatic heterocycles. The molecule has 4 rings (SSSR count). The zero-order valence-corrected chi connectivity index (χ0v) is 18.0. The van der Waals surface area contributed by atoms with E-state index in [0.717, 1.165) is 17.7 Å². The monoisotopic (exact) mass is 427 g/mol. The molecule has 164 valence electrons. The number of hydrogen-bond acceptors (Lipinski definition) is 3. The van der Waals surface area contributed by atoms with Crippen LogP contribution < -0.4 is 0 Å². The normalized spacial score (nSPS) is 24.6. The number of carbonyl (C=O) groups is 2. The number of likely N-dealkylation sites (tertiary alicyclic amines) is 1. The van der Waals surface area contributed by atoms with Crippen LogP contribution in [0, 0.1) is 17.6 Å². The molecule has 0 radical (unpaired) electrons. The SMILES string of the molecule is CC(C)(C)OC(=O)N1C[C@]2(c3cc(F)ccc3F)C[C@H]2[C@@H]1C(=O)CCc1ccccc1. The first kappa shape index (κ1) is 21.5. The highest BCUT2D eigenvalue weighted by Crippen LogP contribution is 2.63. The van der Waals surface area contributed by atoms with Crippen molar-refractivity contribution in [1.82, 2.24) is 4.90 Å². The molecule has 1 saturated heterocycles. The fraction of sp³-hybridized carbons (Fsp3) is 0.440. The van der Waals surface area contributed by atoms with Crippen molar-refractivity contribution >= 4 is 11.9 Å². The molecule has 6 heteroatoms. The Hall–Kier alpha value is -2.76. The van der Waals surface area contributed by atoms with Crippen LogP contribution in [0.5, 0.6) is 0 Å². The highest BCUT2D eigenvalue weighted by molar-refractivity contribution is 5.90. The Balaban J connectivity index is 1.60. The van der Waals surface area contributed by atoms with E-state index in [0.29, 0.717) is 12.8 Å². The number of carbonyl (C=O) groups excluding carboxylic acids is 2. The number of fused-ring (bicyclic) bond motifs is 1. The molecule has 31 heavy (non-hydrogen) atoms. The van der Waals surface area contributed by atoms with E-state index in [4.69, 9.17) is 4.74 Å². The Morgan fingerprint density at radius 3 is 2.52 bits per heavy atom. The van der Waals surface area contributed by atoms with E-state index in [1.165, 1.54) is 11.0 Å². The molecule has 2 aromatic rings. The number of halogens is 2. The van der Waals surface area contributed by atoms with Crippen LogP contribution >= 0.6 is 0 Å². The zero-order chi connectivity index (χ0) is 22.4. The molecule has 0 N–H and O–H groups in total. The summed E-state index contributed by atoms with van der Waals surface area (Å²) >= 11 is 0. The lowest BCUT2D eigenvalue weighted by atomic mass is 9.92. The van der Waals surface area contributed by atoms with Gasteiger partial charge in [-0.15, -0.1) is 0 Å². The van der Waals surface area contributed by atoms with Crippen LogP contribution in [-0.4, -0.2) is 35.0 Å². The molecule has 1 heterocycles. The summed E-state index contributed by atoms with van der Waals surface area (Å²) in [5.41, 5.74) is -0.185. The lowest BCUT2D eigenvalue weighted by Crippen LogP contribution is -2.46. The first-order chi connectivity index (χ1) is 14.6. The van der Waals surface area contributed by atoms with Gasteiger partial charge in [0.05, 0.1) is 6.04 Å². The quantitative estimate of drug-likeness (QED) is 0.671. The summed E-state index contributed by atoms with van der Waals surface area (Å²) in [6.45, 7) is 5.43. The summed E-state index contributed by atoms with van der Waals surface area (Å²) in [6.07, 6.45) is 0.793. The van der Waals surface area contributed by atoms with Crippen LogP contribution in [0.25, 0.3) is 0 Å². The number of Topliss-reactive ketones (excluding diaryl/α,β-unsaturated/α-hetero) is 1. The van der Waals surface area contributed by atoms with Crippen molar-refractivity contribution in [3.63, 3.8) is 0 Å². The van der Waals surface area contributed by atoms with Gasteiger partial charge in [-0.2, -0.15) is 0 Å². The molecule has 3 atom stereocenters. The zero-order valence-electron chi connectivity index (χ0n) is 18.0. The van der Waals surface area contributed by atoms with Crippen LogP contribution in [0.2, 0.25) is 0 Å². The molecule has 1 amide bonds. The first-order valence-electron chi connectivity index (χ1n) is 10.6. The van der Waals surface area contributed by atoms with Gasteiger partial charge in [0.1, 0.15) is 17.2 Å². The molecular weight excluding hydrogens is 400 g/mol. The summed E-state index contributed by atoms with van der Waals surface area (Å²) in [5.74, 6) is -1.35. The van der Waals surface area contributed by atoms with Gasteiger partial charge in [0.25, 0.3) is 0 Å². The number of benzene rings is 2. The number of ether oxygens (including phenoxy) is 1. The molecule has 0 unspecified atom stereocenters. The molecule has 1 saturated carbocycles. The number of nitrogens with zero attached hydrogens (tertiary/aromatic N) is 1. The standard InChI is InChI=1S/C25H27F2NO3/c1-24(2,3)31-23(30)28-15-25(18-13-17(26)10-11-20(18)27)14-19(25)22(28)21(29)12-9-16-7-5-4-6-8-16/h4-8,10-11,13,19,22H,9,12,14-15H2,1-3H3/t19-,22+,25-/m0/s1. The summed E-state index contributed by atoms with van der Waals surface area (Å²) in [5, 5.41) is 0. The maximum Gasteiger partial charge on any atom is 0.410 e. The largest absolute Gasteiger partial charge is 0.444 e. The van der Waals surface area contributed by atoms with Gasteiger partial charge >= 0.3 is 6.09 Å². The highest BCUT2D eigenvalue weighted by Gasteiger charge is 2.69. The second-order valence-corrected chi connectivity index (χ2v) is 9.60. The minimum Gasteiger partial charge on any atom is -0.444 e. The van der Waals surface area contributed by atoms with Crippen molar-refractivity contribution in [2.75, 3.05) is 6.54 Å². The highest BCUT2D eigenvalue weighted by atomic mass is 19.1. The molecule has 0 spiro atoms. The van der Waals surface area contributed by atoms with Crippen LogP contribution in [0.4, 0.5) is 13.6 Å². The molecule has 1 aliphatic heterocycles. The van der Waals surface area contributed by atoms with Crippen LogP contribution in [0.1, 0.15) is 44.7 Å². The Kier molecular flexibility index (Phi) is 5.36. The summed E-state index contributed by atoms with van der Waals surface area (Å²) < 4.78 is 34.0. The van der Waals surface area contributed by atoms with Crippen molar-refractivity contribution in [2.24, 2.45) is 5.92 Å². The van der Waals surface area contributed by atoms with Gasteiger partial charge in [-0.05, 0) is 68.9 Å². The fourth-order valence-electron chi connectivity index (χ4n) is 4.78. The number of rotatable bonds is 5. The van der Waals surface area contributed by atoms with Gasteiger partial charge in [-0.1, -0.05) is 30.3 Å². The smallest absolute Gasteiger partial charge is 0.410 e. The van der Waals surface area contributed by atoms with Crippen LogP contribution in [-0.2, 0) is 21.4 Å². The molecule has 4 nitrogen and oxygen atoms in total. The van der Waals surface area contributed by atoms with E-state index in [9.17, 15) is 18.4 Å². The molecule has 2 fully saturated rings. The van der Waals surface area contributed by atoms with E-state index in [1.807, 2.05) is 30.3 Å². The van der Waals surface area contributed by atoms with Gasteiger partial charge in [-0.25, -0.2) is 13.6 Å². The third kappa shape index (κ3) is 4.21. The Labute approximate surface area is 181 Å². The number of aryl methyl sites for hydroxylation is 1. The number of ketones is 1. The predicted octanol–water partition coefficient (Wildman–Crippen LogP) is 5.04. The van der Waals surface area contributed by atoms with E-state index < -0.39 is 34.8 Å². The van der Waals surface area contributed by atoms with E-state index >= 15 is 0 Å². The van der Waals surface area contributed by atoms with Crippen molar-refractivity contribution in [2.45, 2.75) is 57.1 Å². The molecule has 2 aromatic carbocycles. The minimum absolute atomic E-state index is 0.0732. The lowest BCUT2D eigenvalue weighted by Gasteiger charge is -2.30. The average Bonchev–Trinajstić information content (AvgIpc) is 3.32. The molecular formula is C25H27F2NO3. The van der Waals surface area contributed by atoms with Crippen LogP contribution in [0.15, 0.2) is 48.5 Å². The van der Waals surface area contributed by atoms with Gasteiger partial charge in [0, 0.05) is 18.4 Å². The minimum atomic E-state index is -0.740. The van der Waals surface area contributed by atoms with Crippen molar-refractivity contribution in [3.05, 3.63) is 71.3 Å².